The van der Waals surface area contributed by atoms with Crippen LogP contribution in [0.3, 0.4) is 0 Å². The van der Waals surface area contributed by atoms with Crippen LogP contribution in [-0.2, 0) is 10.0 Å². The van der Waals surface area contributed by atoms with E-state index in [1.54, 1.807) is 25.2 Å². The molecule has 0 fully saturated rings. The Bertz CT molecular complexity index is 553. The summed E-state index contributed by atoms with van der Waals surface area (Å²) in [6.45, 7) is 7.87. The predicted molar refractivity (Wildman–Crippen MR) is 83.2 cm³/mol. The van der Waals surface area contributed by atoms with Gasteiger partial charge >= 0.3 is 0 Å². The molecule has 0 aliphatic carbocycles. The van der Waals surface area contributed by atoms with Crippen LogP contribution in [0.4, 0.5) is 0 Å². The number of benzene rings is 1. The molecular weight excluding hydrogens is 272 g/mol. The first-order valence-corrected chi connectivity index (χ1v) is 8.37. The third-order valence-corrected chi connectivity index (χ3v) is 6.23. The van der Waals surface area contributed by atoms with E-state index in [0.717, 1.165) is 12.0 Å². The summed E-state index contributed by atoms with van der Waals surface area (Å²) in [4.78, 5) is 0.348. The van der Waals surface area contributed by atoms with E-state index in [0.29, 0.717) is 4.90 Å². The lowest BCUT2D eigenvalue weighted by atomic mass is 10.0. The van der Waals surface area contributed by atoms with E-state index in [9.17, 15) is 8.42 Å². The Morgan fingerprint density at radius 2 is 1.95 bits per heavy atom. The Kier molecular flexibility index (Phi) is 5.35. The number of hydrogen-bond acceptors (Lipinski definition) is 3. The first kappa shape index (κ1) is 17.1. The molecule has 0 amide bonds. The second-order valence-electron chi connectivity index (χ2n) is 5.72. The van der Waals surface area contributed by atoms with Crippen LogP contribution in [0.2, 0.25) is 0 Å². The second-order valence-corrected chi connectivity index (χ2v) is 7.69. The molecule has 5 heteroatoms. The topological polar surface area (TPSA) is 49.4 Å². The molecule has 0 radical (unpaired) electrons. The van der Waals surface area contributed by atoms with Crippen LogP contribution in [-0.4, -0.2) is 32.4 Å². The number of nitrogens with one attached hydrogen (secondary N) is 1. The summed E-state index contributed by atoms with van der Waals surface area (Å²) >= 11 is 0. The molecule has 0 aliphatic rings. The van der Waals surface area contributed by atoms with Gasteiger partial charge in [0.2, 0.25) is 10.0 Å². The van der Waals surface area contributed by atoms with Gasteiger partial charge < -0.3 is 5.32 Å². The summed E-state index contributed by atoms with van der Waals surface area (Å²) in [5.41, 5.74) is 0.569. The van der Waals surface area contributed by atoms with E-state index < -0.39 is 15.6 Å². The van der Waals surface area contributed by atoms with Gasteiger partial charge in [0, 0.05) is 18.6 Å². The van der Waals surface area contributed by atoms with Crippen LogP contribution in [0, 0.1) is 0 Å². The van der Waals surface area contributed by atoms with Crippen molar-refractivity contribution in [3.63, 3.8) is 0 Å². The lowest BCUT2D eigenvalue weighted by molar-refractivity contribution is 0.257. The minimum absolute atomic E-state index is 0.120. The van der Waals surface area contributed by atoms with Gasteiger partial charge in [0.1, 0.15) is 0 Å². The van der Waals surface area contributed by atoms with E-state index >= 15 is 0 Å². The largest absolute Gasteiger partial charge is 0.313 e. The lowest BCUT2D eigenvalue weighted by Crippen LogP contribution is -2.44. The van der Waals surface area contributed by atoms with Crippen LogP contribution in [0.5, 0.6) is 0 Å². The first-order chi connectivity index (χ1) is 9.16. The van der Waals surface area contributed by atoms with Crippen molar-refractivity contribution in [2.75, 3.05) is 14.1 Å². The zero-order chi connectivity index (χ0) is 15.6. The minimum atomic E-state index is -3.47. The van der Waals surface area contributed by atoms with E-state index in [1.165, 1.54) is 4.31 Å². The summed E-state index contributed by atoms with van der Waals surface area (Å²) in [6.07, 6.45) is 0.759. The molecule has 0 saturated carbocycles. The molecule has 1 atom stereocenters. The number of sulfonamides is 1. The summed E-state index contributed by atoms with van der Waals surface area (Å²) in [6, 6.07) is 7.26. The van der Waals surface area contributed by atoms with Crippen molar-refractivity contribution >= 4 is 10.0 Å². The van der Waals surface area contributed by atoms with Gasteiger partial charge in [-0.05, 0) is 51.9 Å². The molecule has 1 unspecified atom stereocenters. The maximum atomic E-state index is 12.7. The van der Waals surface area contributed by atoms with Gasteiger partial charge in [-0.3, -0.25) is 0 Å². The van der Waals surface area contributed by atoms with Crippen molar-refractivity contribution in [3.8, 4) is 0 Å². The molecule has 114 valence electrons. The summed E-state index contributed by atoms with van der Waals surface area (Å²) in [7, 11) is 0.0377. The SMILES string of the molecule is CCC(C)(C)N(C)S(=O)(=O)c1cccc(C(C)NC)c1. The molecule has 1 aromatic rings. The van der Waals surface area contributed by atoms with Crippen molar-refractivity contribution < 1.29 is 8.42 Å². The average Bonchev–Trinajstić information content (AvgIpc) is 2.45. The van der Waals surface area contributed by atoms with Crippen LogP contribution in [0.25, 0.3) is 0 Å². The normalized spacial score (nSPS) is 14.6. The average molecular weight is 298 g/mol. The van der Waals surface area contributed by atoms with Crippen LogP contribution in [0.1, 0.15) is 45.7 Å². The Morgan fingerprint density at radius 1 is 1.35 bits per heavy atom. The highest BCUT2D eigenvalue weighted by Crippen LogP contribution is 2.26. The number of rotatable bonds is 6. The van der Waals surface area contributed by atoms with Crippen molar-refractivity contribution in [1.82, 2.24) is 9.62 Å². The molecule has 4 nitrogen and oxygen atoms in total. The van der Waals surface area contributed by atoms with E-state index in [1.807, 2.05) is 40.8 Å². The van der Waals surface area contributed by atoms with Crippen molar-refractivity contribution in [2.45, 2.75) is 50.6 Å². The molecule has 1 aromatic carbocycles. The number of nitrogens with zero attached hydrogens (tertiary/aromatic N) is 1. The Labute approximate surface area is 123 Å². The van der Waals surface area contributed by atoms with Gasteiger partial charge in [0.15, 0.2) is 0 Å². The molecular formula is C15H26N2O2S. The minimum Gasteiger partial charge on any atom is -0.313 e. The fourth-order valence-corrected chi connectivity index (χ4v) is 3.45. The summed E-state index contributed by atoms with van der Waals surface area (Å²) < 4.78 is 26.9. The molecule has 0 spiro atoms. The van der Waals surface area contributed by atoms with Gasteiger partial charge in [-0.1, -0.05) is 19.1 Å². The van der Waals surface area contributed by atoms with Crippen molar-refractivity contribution in [3.05, 3.63) is 29.8 Å². The highest BCUT2D eigenvalue weighted by atomic mass is 32.2. The first-order valence-electron chi connectivity index (χ1n) is 6.93. The maximum Gasteiger partial charge on any atom is 0.243 e. The fraction of sp³-hybridized carbons (Fsp3) is 0.600. The van der Waals surface area contributed by atoms with Crippen molar-refractivity contribution in [2.24, 2.45) is 0 Å². The second kappa shape index (κ2) is 6.24. The molecule has 20 heavy (non-hydrogen) atoms. The van der Waals surface area contributed by atoms with Crippen molar-refractivity contribution in [1.29, 1.82) is 0 Å². The highest BCUT2D eigenvalue weighted by Gasteiger charge is 2.32. The van der Waals surface area contributed by atoms with Crippen LogP contribution in [0.15, 0.2) is 29.2 Å². The Balaban J connectivity index is 3.23. The molecule has 0 saturated heterocycles. The predicted octanol–water partition coefficient (Wildman–Crippen LogP) is 2.78. The summed E-state index contributed by atoms with van der Waals surface area (Å²) in [5.74, 6) is 0. The van der Waals surface area contributed by atoms with E-state index in [2.05, 4.69) is 5.32 Å². The maximum absolute atomic E-state index is 12.7. The molecule has 1 N–H and O–H groups in total. The highest BCUT2D eigenvalue weighted by molar-refractivity contribution is 7.89. The van der Waals surface area contributed by atoms with Crippen LogP contribution >= 0.6 is 0 Å². The quantitative estimate of drug-likeness (QED) is 0.878. The third kappa shape index (κ3) is 3.40. The molecule has 1 rings (SSSR count). The Morgan fingerprint density at radius 3 is 2.45 bits per heavy atom. The van der Waals surface area contributed by atoms with E-state index in [4.69, 9.17) is 0 Å². The smallest absolute Gasteiger partial charge is 0.243 e. The zero-order valence-electron chi connectivity index (χ0n) is 13.3. The van der Waals surface area contributed by atoms with Crippen LogP contribution < -0.4 is 5.32 Å². The standard InChI is InChI=1S/C15H26N2O2S/c1-7-15(3,4)17(6)20(18,19)14-10-8-9-13(11-14)12(2)16-5/h8-12,16H,7H2,1-6H3. The van der Waals surface area contributed by atoms with Gasteiger partial charge in [-0.25, -0.2) is 8.42 Å². The zero-order valence-corrected chi connectivity index (χ0v) is 14.1. The lowest BCUT2D eigenvalue weighted by Gasteiger charge is -2.33. The molecule has 0 heterocycles. The molecule has 0 aliphatic heterocycles. The molecule has 0 bridgehead atoms. The monoisotopic (exact) mass is 298 g/mol. The fourth-order valence-electron chi connectivity index (χ4n) is 1.82. The van der Waals surface area contributed by atoms with E-state index in [-0.39, 0.29) is 6.04 Å². The molecule has 0 aromatic heterocycles. The van der Waals surface area contributed by atoms with Gasteiger partial charge in [0.05, 0.1) is 4.90 Å². The summed E-state index contributed by atoms with van der Waals surface area (Å²) in [5, 5.41) is 3.12. The van der Waals surface area contributed by atoms with Gasteiger partial charge in [-0.2, -0.15) is 4.31 Å². The third-order valence-electron chi connectivity index (χ3n) is 4.17. The number of hydrogen-bond donors (Lipinski definition) is 1. The van der Waals surface area contributed by atoms with Gasteiger partial charge in [-0.15, -0.1) is 0 Å². The van der Waals surface area contributed by atoms with Gasteiger partial charge in [0.25, 0.3) is 0 Å². The Hall–Kier alpha value is -0.910.